The summed E-state index contributed by atoms with van der Waals surface area (Å²) in [6.45, 7) is 0. The molecule has 0 unspecified atom stereocenters. The third kappa shape index (κ3) is 4.19. The molecule has 0 bridgehead atoms. The van der Waals surface area contributed by atoms with Crippen LogP contribution in [0.5, 0.6) is 5.75 Å². The maximum absolute atomic E-state index is 12.4. The number of hydrogen-bond acceptors (Lipinski definition) is 5. The minimum Gasteiger partial charge on any atom is -0.508 e. The Morgan fingerprint density at radius 1 is 1.15 bits per heavy atom. The van der Waals surface area contributed by atoms with Gasteiger partial charge in [0, 0.05) is 5.56 Å². The molecule has 2 N–H and O–H groups in total. The molecular formula is C19H14N2O3S2. The van der Waals surface area contributed by atoms with Crippen LogP contribution in [0.25, 0.3) is 6.08 Å². The van der Waals surface area contributed by atoms with E-state index in [9.17, 15) is 14.7 Å². The van der Waals surface area contributed by atoms with Gasteiger partial charge in [0.15, 0.2) is 4.32 Å². The number of hydrogen-bond donors (Lipinski definition) is 2. The van der Waals surface area contributed by atoms with Crippen LogP contribution in [0.2, 0.25) is 0 Å². The van der Waals surface area contributed by atoms with Crippen LogP contribution in [0, 0.1) is 0 Å². The highest BCUT2D eigenvalue weighted by atomic mass is 32.2. The number of carbonyl (C=O) groups is 2. The van der Waals surface area contributed by atoms with Gasteiger partial charge in [0.25, 0.3) is 11.8 Å². The number of thiocarbonyl (C=S) groups is 1. The Balaban J connectivity index is 1.69. The molecule has 1 aliphatic heterocycles. The number of phenols is 1. The van der Waals surface area contributed by atoms with Gasteiger partial charge in [-0.2, -0.15) is 5.01 Å². The standard InChI is InChI=1S/C19H14N2O3S2/c22-15-10-5-9-14(12-15)17(23)20-21-18(24)16(26-19(21)25)11-4-8-13-6-2-1-3-7-13/h1-12,22H,(H,20,23)/b8-4+,16-11+. The molecule has 1 heterocycles. The summed E-state index contributed by atoms with van der Waals surface area (Å²) < 4.78 is 0.239. The van der Waals surface area contributed by atoms with Crippen LogP contribution in [-0.4, -0.2) is 26.3 Å². The van der Waals surface area contributed by atoms with Crippen LogP contribution in [-0.2, 0) is 4.79 Å². The van der Waals surface area contributed by atoms with Crippen LogP contribution >= 0.6 is 24.0 Å². The smallest absolute Gasteiger partial charge is 0.285 e. The van der Waals surface area contributed by atoms with Gasteiger partial charge >= 0.3 is 0 Å². The molecule has 0 spiro atoms. The number of aromatic hydroxyl groups is 1. The van der Waals surface area contributed by atoms with Gasteiger partial charge in [-0.15, -0.1) is 0 Å². The van der Waals surface area contributed by atoms with Crippen molar-refractivity contribution in [1.29, 1.82) is 0 Å². The van der Waals surface area contributed by atoms with Gasteiger partial charge in [-0.05, 0) is 42.1 Å². The van der Waals surface area contributed by atoms with Crippen molar-refractivity contribution in [3.8, 4) is 5.75 Å². The lowest BCUT2D eigenvalue weighted by Crippen LogP contribution is -2.44. The summed E-state index contributed by atoms with van der Waals surface area (Å²) in [4.78, 5) is 25.1. The summed E-state index contributed by atoms with van der Waals surface area (Å²) >= 11 is 6.28. The quantitative estimate of drug-likeness (QED) is 0.626. The van der Waals surface area contributed by atoms with Gasteiger partial charge in [0.05, 0.1) is 4.91 Å². The molecule has 130 valence electrons. The topological polar surface area (TPSA) is 69.6 Å². The zero-order valence-electron chi connectivity index (χ0n) is 13.5. The van der Waals surface area contributed by atoms with Crippen molar-refractivity contribution in [2.45, 2.75) is 0 Å². The van der Waals surface area contributed by atoms with Crippen LogP contribution in [0.3, 0.4) is 0 Å². The Hall–Kier alpha value is -2.90. The molecule has 1 fully saturated rings. The van der Waals surface area contributed by atoms with E-state index in [1.54, 1.807) is 18.2 Å². The second-order valence-electron chi connectivity index (χ2n) is 5.30. The van der Waals surface area contributed by atoms with E-state index in [-0.39, 0.29) is 15.6 Å². The van der Waals surface area contributed by atoms with E-state index in [0.29, 0.717) is 4.91 Å². The summed E-state index contributed by atoms with van der Waals surface area (Å²) in [6.07, 6.45) is 5.30. The molecule has 0 aliphatic carbocycles. The van der Waals surface area contributed by atoms with Crippen molar-refractivity contribution in [1.82, 2.24) is 10.4 Å². The van der Waals surface area contributed by atoms with Gasteiger partial charge in [0.2, 0.25) is 0 Å². The third-order valence-electron chi connectivity index (χ3n) is 3.45. The number of hydrazine groups is 1. The third-order valence-corrected chi connectivity index (χ3v) is 4.77. The largest absolute Gasteiger partial charge is 0.508 e. The number of carbonyl (C=O) groups excluding carboxylic acids is 2. The average molecular weight is 382 g/mol. The normalized spacial score (nSPS) is 15.8. The molecule has 1 saturated heterocycles. The summed E-state index contributed by atoms with van der Waals surface area (Å²) in [6, 6.07) is 15.5. The summed E-state index contributed by atoms with van der Waals surface area (Å²) in [5.41, 5.74) is 3.71. The van der Waals surface area contributed by atoms with Crippen molar-refractivity contribution in [2.24, 2.45) is 0 Å². The average Bonchev–Trinajstić information content (AvgIpc) is 2.90. The van der Waals surface area contributed by atoms with Crippen LogP contribution in [0.4, 0.5) is 0 Å². The zero-order valence-corrected chi connectivity index (χ0v) is 15.1. The van der Waals surface area contributed by atoms with E-state index in [4.69, 9.17) is 12.2 Å². The van der Waals surface area contributed by atoms with Crippen LogP contribution in [0.1, 0.15) is 15.9 Å². The SMILES string of the molecule is O=C(NN1C(=O)/C(=C\C=C\c2ccccc2)SC1=S)c1cccc(O)c1. The number of phenolic OH excluding ortho intramolecular Hbond substituents is 1. The molecule has 0 saturated carbocycles. The van der Waals surface area contributed by atoms with E-state index in [2.05, 4.69) is 5.43 Å². The number of thioether (sulfide) groups is 1. The zero-order chi connectivity index (χ0) is 18.5. The fraction of sp³-hybridized carbons (Fsp3) is 0. The molecule has 2 amide bonds. The number of allylic oxidation sites excluding steroid dienone is 2. The lowest BCUT2D eigenvalue weighted by Gasteiger charge is -2.15. The minimum absolute atomic E-state index is 0.0333. The molecule has 0 radical (unpaired) electrons. The Morgan fingerprint density at radius 2 is 1.92 bits per heavy atom. The number of rotatable bonds is 4. The van der Waals surface area contributed by atoms with Crippen molar-refractivity contribution in [2.75, 3.05) is 0 Å². The Bertz CT molecular complexity index is 923. The second-order valence-corrected chi connectivity index (χ2v) is 6.98. The molecule has 2 aromatic carbocycles. The van der Waals surface area contributed by atoms with Crippen LogP contribution in [0.15, 0.2) is 71.7 Å². The Labute approximate surface area is 160 Å². The first-order valence-electron chi connectivity index (χ1n) is 7.64. The summed E-state index contributed by atoms with van der Waals surface area (Å²) in [5.74, 6) is -0.960. The first-order chi connectivity index (χ1) is 12.5. The Morgan fingerprint density at radius 3 is 2.65 bits per heavy atom. The molecule has 5 nitrogen and oxygen atoms in total. The van der Waals surface area contributed by atoms with Crippen LogP contribution < -0.4 is 5.43 Å². The van der Waals surface area contributed by atoms with E-state index in [1.165, 1.54) is 18.2 Å². The predicted octanol–water partition coefficient (Wildman–Crippen LogP) is 3.49. The maximum Gasteiger partial charge on any atom is 0.285 e. The van der Waals surface area contributed by atoms with E-state index in [1.807, 2.05) is 36.4 Å². The van der Waals surface area contributed by atoms with Crippen molar-refractivity contribution in [3.05, 3.63) is 82.8 Å². The van der Waals surface area contributed by atoms with Gasteiger partial charge in [-0.1, -0.05) is 60.3 Å². The maximum atomic E-state index is 12.4. The highest BCUT2D eigenvalue weighted by molar-refractivity contribution is 8.26. The number of amides is 2. The fourth-order valence-corrected chi connectivity index (χ4v) is 3.33. The lowest BCUT2D eigenvalue weighted by molar-refractivity contribution is -0.123. The van der Waals surface area contributed by atoms with Gasteiger partial charge in [0.1, 0.15) is 5.75 Å². The highest BCUT2D eigenvalue weighted by Crippen LogP contribution is 2.29. The Kier molecular flexibility index (Phi) is 5.50. The monoisotopic (exact) mass is 382 g/mol. The van der Waals surface area contributed by atoms with Crippen molar-refractivity contribution in [3.63, 3.8) is 0 Å². The minimum atomic E-state index is -0.529. The second kappa shape index (κ2) is 7.99. The van der Waals surface area contributed by atoms with Gasteiger partial charge in [-0.25, -0.2) is 0 Å². The van der Waals surface area contributed by atoms with Gasteiger partial charge in [-0.3, -0.25) is 15.0 Å². The van der Waals surface area contributed by atoms with Crippen molar-refractivity contribution >= 4 is 46.2 Å². The molecule has 26 heavy (non-hydrogen) atoms. The molecule has 3 rings (SSSR count). The number of nitrogens with zero attached hydrogens (tertiary/aromatic N) is 1. The number of benzene rings is 2. The first kappa shape index (κ1) is 17.9. The highest BCUT2D eigenvalue weighted by Gasteiger charge is 2.33. The first-order valence-corrected chi connectivity index (χ1v) is 8.87. The van der Waals surface area contributed by atoms with Crippen molar-refractivity contribution < 1.29 is 14.7 Å². The van der Waals surface area contributed by atoms with Gasteiger partial charge < -0.3 is 5.11 Å². The molecule has 2 aromatic rings. The molecular weight excluding hydrogens is 368 g/mol. The molecule has 0 aromatic heterocycles. The van der Waals surface area contributed by atoms with E-state index >= 15 is 0 Å². The lowest BCUT2D eigenvalue weighted by atomic mass is 10.2. The molecule has 7 heteroatoms. The number of nitrogens with one attached hydrogen (secondary N) is 1. The fourth-order valence-electron chi connectivity index (χ4n) is 2.20. The predicted molar refractivity (Wildman–Crippen MR) is 106 cm³/mol. The van der Waals surface area contributed by atoms with E-state index in [0.717, 1.165) is 22.3 Å². The van der Waals surface area contributed by atoms with E-state index < -0.39 is 11.8 Å². The molecule has 0 atom stereocenters. The summed E-state index contributed by atoms with van der Waals surface area (Å²) in [7, 11) is 0. The molecule has 1 aliphatic rings. The summed E-state index contributed by atoms with van der Waals surface area (Å²) in [5, 5.41) is 10.5.